The number of thioether (sulfide) groups is 1. The van der Waals surface area contributed by atoms with Crippen molar-refractivity contribution in [3.05, 3.63) is 0 Å². The van der Waals surface area contributed by atoms with Crippen LogP contribution in [0.15, 0.2) is 0 Å². The molecule has 1 aliphatic rings. The van der Waals surface area contributed by atoms with Gasteiger partial charge in [0.05, 0.1) is 0 Å². The molecule has 1 atom stereocenters. The third kappa shape index (κ3) is 3.41. The molecule has 5 heteroatoms. The van der Waals surface area contributed by atoms with Gasteiger partial charge in [0.2, 0.25) is 5.91 Å². The van der Waals surface area contributed by atoms with Gasteiger partial charge in [-0.25, -0.2) is 4.79 Å². The molecule has 0 aliphatic carbocycles. The van der Waals surface area contributed by atoms with Crippen LogP contribution in [0, 0.1) is 0 Å². The minimum Gasteiger partial charge on any atom is -0.480 e. The lowest BCUT2D eigenvalue weighted by Crippen LogP contribution is -2.40. The van der Waals surface area contributed by atoms with Crippen molar-refractivity contribution in [1.82, 2.24) is 4.90 Å². The Balaban J connectivity index is 2.40. The largest absolute Gasteiger partial charge is 0.480 e. The molecule has 1 rings (SSSR count). The van der Waals surface area contributed by atoms with Gasteiger partial charge in [0.1, 0.15) is 6.04 Å². The summed E-state index contributed by atoms with van der Waals surface area (Å²) in [6, 6.07) is -0.577. The van der Waals surface area contributed by atoms with Gasteiger partial charge < -0.3 is 10.0 Å². The van der Waals surface area contributed by atoms with E-state index in [9.17, 15) is 9.59 Å². The van der Waals surface area contributed by atoms with Gasteiger partial charge in [-0.2, -0.15) is 11.8 Å². The maximum Gasteiger partial charge on any atom is 0.326 e. The summed E-state index contributed by atoms with van der Waals surface area (Å²) < 4.78 is 0. The third-order valence-corrected chi connectivity index (χ3v) is 3.29. The van der Waals surface area contributed by atoms with E-state index in [-0.39, 0.29) is 5.91 Å². The lowest BCUT2D eigenvalue weighted by atomic mass is 10.2. The number of amides is 1. The van der Waals surface area contributed by atoms with Crippen LogP contribution in [0.5, 0.6) is 0 Å². The van der Waals surface area contributed by atoms with Crippen molar-refractivity contribution in [2.45, 2.75) is 31.7 Å². The highest BCUT2D eigenvalue weighted by Crippen LogP contribution is 2.19. The Morgan fingerprint density at radius 3 is 2.87 bits per heavy atom. The number of hydrogen-bond acceptors (Lipinski definition) is 3. The highest BCUT2D eigenvalue weighted by molar-refractivity contribution is 7.98. The molecule has 0 radical (unpaired) electrons. The fourth-order valence-electron chi connectivity index (χ4n) is 1.83. The fraction of sp³-hybridized carbons (Fsp3) is 0.800. The molecule has 0 spiro atoms. The van der Waals surface area contributed by atoms with E-state index in [4.69, 9.17) is 5.11 Å². The predicted molar refractivity (Wildman–Crippen MR) is 60.0 cm³/mol. The standard InChI is InChI=1S/C10H17NO3S/c1-15-7-3-5-9(12)11-6-2-4-8(11)10(13)14/h8H,2-7H2,1H3,(H,13,14)/t8-/m1/s1. The SMILES string of the molecule is CSCCCC(=O)N1CCC[C@@H]1C(=O)O. The average molecular weight is 231 g/mol. The minimum absolute atomic E-state index is 0.00560. The normalized spacial score (nSPS) is 20.6. The molecule has 0 aromatic heterocycles. The predicted octanol–water partition coefficient (Wildman–Crippen LogP) is 1.21. The number of carboxylic acids is 1. The number of rotatable bonds is 5. The van der Waals surface area contributed by atoms with Crippen molar-refractivity contribution in [1.29, 1.82) is 0 Å². The van der Waals surface area contributed by atoms with Crippen molar-refractivity contribution in [3.63, 3.8) is 0 Å². The van der Waals surface area contributed by atoms with Crippen LogP contribution in [0.25, 0.3) is 0 Å². The highest BCUT2D eigenvalue weighted by Gasteiger charge is 2.33. The molecule has 15 heavy (non-hydrogen) atoms. The van der Waals surface area contributed by atoms with Crippen LogP contribution in [0.3, 0.4) is 0 Å². The van der Waals surface area contributed by atoms with Crippen molar-refractivity contribution < 1.29 is 14.7 Å². The van der Waals surface area contributed by atoms with E-state index >= 15 is 0 Å². The van der Waals surface area contributed by atoms with Gasteiger partial charge >= 0.3 is 5.97 Å². The maximum atomic E-state index is 11.7. The number of carbonyl (C=O) groups excluding carboxylic acids is 1. The minimum atomic E-state index is -0.870. The molecule has 0 saturated carbocycles. The van der Waals surface area contributed by atoms with Crippen molar-refractivity contribution in [3.8, 4) is 0 Å². The molecular weight excluding hydrogens is 214 g/mol. The van der Waals surface area contributed by atoms with Crippen molar-refractivity contribution in [2.24, 2.45) is 0 Å². The zero-order valence-corrected chi connectivity index (χ0v) is 9.76. The first-order chi connectivity index (χ1) is 7.16. The summed E-state index contributed by atoms with van der Waals surface area (Å²) in [7, 11) is 0. The van der Waals surface area contributed by atoms with Crippen LogP contribution in [0.1, 0.15) is 25.7 Å². The lowest BCUT2D eigenvalue weighted by molar-refractivity contribution is -0.148. The summed E-state index contributed by atoms with van der Waals surface area (Å²) >= 11 is 1.71. The van der Waals surface area contributed by atoms with E-state index in [0.717, 1.165) is 18.6 Å². The Kier molecular flexibility index (Phi) is 4.94. The zero-order valence-electron chi connectivity index (χ0n) is 8.94. The number of likely N-dealkylation sites (tertiary alicyclic amines) is 1. The van der Waals surface area contributed by atoms with Crippen LogP contribution in [-0.4, -0.2) is 46.5 Å². The van der Waals surface area contributed by atoms with Gasteiger partial charge in [-0.1, -0.05) is 0 Å². The Hall–Kier alpha value is -0.710. The lowest BCUT2D eigenvalue weighted by Gasteiger charge is -2.21. The monoisotopic (exact) mass is 231 g/mol. The topological polar surface area (TPSA) is 57.6 Å². The third-order valence-electron chi connectivity index (χ3n) is 2.60. The maximum absolute atomic E-state index is 11.7. The zero-order chi connectivity index (χ0) is 11.3. The number of nitrogens with zero attached hydrogens (tertiary/aromatic N) is 1. The van der Waals surface area contributed by atoms with Crippen molar-refractivity contribution >= 4 is 23.6 Å². The Morgan fingerprint density at radius 1 is 1.53 bits per heavy atom. The number of carboxylic acid groups (broad SMARTS) is 1. The molecule has 1 heterocycles. The average Bonchev–Trinajstić information content (AvgIpc) is 2.66. The Morgan fingerprint density at radius 2 is 2.27 bits per heavy atom. The second kappa shape index (κ2) is 6.00. The molecule has 0 bridgehead atoms. The molecule has 1 aliphatic heterocycles. The van der Waals surface area contributed by atoms with Crippen LogP contribution in [0.4, 0.5) is 0 Å². The second-order valence-corrected chi connectivity index (χ2v) is 4.67. The smallest absolute Gasteiger partial charge is 0.326 e. The van der Waals surface area contributed by atoms with Crippen molar-refractivity contribution in [2.75, 3.05) is 18.6 Å². The Bertz CT molecular complexity index is 245. The molecule has 0 aromatic carbocycles. The first kappa shape index (κ1) is 12.4. The van der Waals surface area contributed by atoms with Crippen LogP contribution >= 0.6 is 11.8 Å². The molecule has 86 valence electrons. The molecule has 0 unspecified atom stereocenters. The molecule has 1 saturated heterocycles. The molecular formula is C10H17NO3S. The summed E-state index contributed by atoms with van der Waals surface area (Å²) in [5, 5.41) is 8.91. The molecule has 1 fully saturated rings. The number of carbonyl (C=O) groups is 2. The van der Waals surface area contributed by atoms with Gasteiger partial charge in [-0.05, 0) is 31.3 Å². The van der Waals surface area contributed by atoms with Gasteiger partial charge in [0, 0.05) is 13.0 Å². The second-order valence-electron chi connectivity index (χ2n) is 3.68. The molecule has 4 nitrogen and oxygen atoms in total. The van der Waals surface area contributed by atoms with Gasteiger partial charge in [-0.3, -0.25) is 4.79 Å². The van der Waals surface area contributed by atoms with E-state index in [1.807, 2.05) is 6.26 Å². The van der Waals surface area contributed by atoms with Gasteiger partial charge in [0.15, 0.2) is 0 Å². The summed E-state index contributed by atoms with van der Waals surface area (Å²) in [5.41, 5.74) is 0. The fourth-order valence-corrected chi connectivity index (χ4v) is 2.27. The van der Waals surface area contributed by atoms with E-state index in [1.165, 1.54) is 4.90 Å². The summed E-state index contributed by atoms with van der Waals surface area (Å²) in [5.74, 6) is 0.0804. The number of hydrogen-bond donors (Lipinski definition) is 1. The quantitative estimate of drug-likeness (QED) is 0.722. The molecule has 0 aromatic rings. The number of aliphatic carboxylic acids is 1. The first-order valence-corrected chi connectivity index (χ1v) is 6.57. The molecule has 1 amide bonds. The van der Waals surface area contributed by atoms with Crippen LogP contribution in [-0.2, 0) is 9.59 Å². The first-order valence-electron chi connectivity index (χ1n) is 5.18. The van der Waals surface area contributed by atoms with Crippen LogP contribution < -0.4 is 0 Å². The van der Waals surface area contributed by atoms with E-state index in [2.05, 4.69) is 0 Å². The van der Waals surface area contributed by atoms with E-state index in [1.54, 1.807) is 11.8 Å². The van der Waals surface area contributed by atoms with Crippen LogP contribution in [0.2, 0.25) is 0 Å². The summed E-state index contributed by atoms with van der Waals surface area (Å²) in [4.78, 5) is 24.1. The van der Waals surface area contributed by atoms with E-state index < -0.39 is 12.0 Å². The summed E-state index contributed by atoms with van der Waals surface area (Å²) in [6.07, 6.45) is 4.72. The Labute approximate surface area is 94.0 Å². The van der Waals surface area contributed by atoms with Gasteiger partial charge in [-0.15, -0.1) is 0 Å². The van der Waals surface area contributed by atoms with E-state index in [0.29, 0.717) is 19.4 Å². The highest BCUT2D eigenvalue weighted by atomic mass is 32.2. The molecule has 1 N–H and O–H groups in total. The summed E-state index contributed by atoms with van der Waals surface area (Å²) in [6.45, 7) is 0.606. The van der Waals surface area contributed by atoms with Gasteiger partial charge in [0.25, 0.3) is 0 Å².